The zero-order valence-corrected chi connectivity index (χ0v) is 17.9. The molecule has 0 aromatic heterocycles. The summed E-state index contributed by atoms with van der Waals surface area (Å²) in [6, 6.07) is 9.94. The summed E-state index contributed by atoms with van der Waals surface area (Å²) >= 11 is 0. The Kier molecular flexibility index (Phi) is 7.32. The maximum atomic E-state index is 12.8. The standard InChI is InChI=1S/C20H31O7P/c1-5-23-28(21,24-6-2)13-12-16-17(22-14-15-10-8-7-9-11-15)18-19(25-16)27-20(3,4)26-18/h7-11,16-19H,5-6,12-14H2,1-4H3/t16-,17-,18-,19-/m1/s1. The molecule has 0 spiro atoms. The minimum Gasteiger partial charge on any atom is -0.368 e. The lowest BCUT2D eigenvalue weighted by molar-refractivity contribution is -0.219. The minimum atomic E-state index is -3.15. The molecule has 0 aliphatic carbocycles. The van der Waals surface area contributed by atoms with E-state index in [0.717, 1.165) is 5.56 Å². The van der Waals surface area contributed by atoms with Gasteiger partial charge in [-0.05, 0) is 39.7 Å². The molecule has 2 heterocycles. The highest BCUT2D eigenvalue weighted by molar-refractivity contribution is 7.53. The van der Waals surface area contributed by atoms with Crippen LogP contribution < -0.4 is 0 Å². The Morgan fingerprint density at radius 1 is 1.07 bits per heavy atom. The number of ether oxygens (including phenoxy) is 4. The maximum absolute atomic E-state index is 12.8. The number of rotatable bonds is 10. The third kappa shape index (κ3) is 5.42. The number of benzene rings is 1. The molecule has 4 atom stereocenters. The fraction of sp³-hybridized carbons (Fsp3) is 0.700. The van der Waals surface area contributed by atoms with Crippen molar-refractivity contribution < 1.29 is 32.6 Å². The van der Waals surface area contributed by atoms with Gasteiger partial charge < -0.3 is 28.0 Å². The molecule has 0 bridgehead atoms. The zero-order chi connectivity index (χ0) is 20.2. The van der Waals surface area contributed by atoms with Gasteiger partial charge in [0.15, 0.2) is 12.1 Å². The van der Waals surface area contributed by atoms with Crippen molar-refractivity contribution in [1.82, 2.24) is 0 Å². The third-order valence-electron chi connectivity index (χ3n) is 4.71. The van der Waals surface area contributed by atoms with E-state index in [1.54, 1.807) is 13.8 Å². The second-order valence-corrected chi connectivity index (χ2v) is 9.55. The Morgan fingerprint density at radius 3 is 2.39 bits per heavy atom. The molecule has 1 aromatic rings. The highest BCUT2D eigenvalue weighted by atomic mass is 31.2. The van der Waals surface area contributed by atoms with Crippen molar-refractivity contribution in [2.24, 2.45) is 0 Å². The Hall–Kier alpha value is -0.790. The molecule has 0 saturated carbocycles. The van der Waals surface area contributed by atoms with Crippen LogP contribution in [0.4, 0.5) is 0 Å². The summed E-state index contributed by atoms with van der Waals surface area (Å²) in [6.07, 6.45) is -0.751. The van der Waals surface area contributed by atoms with Crippen molar-refractivity contribution in [3.8, 4) is 0 Å². The lowest BCUT2D eigenvalue weighted by atomic mass is 10.1. The van der Waals surface area contributed by atoms with Crippen LogP contribution in [0.5, 0.6) is 0 Å². The van der Waals surface area contributed by atoms with Crippen molar-refractivity contribution in [3.63, 3.8) is 0 Å². The Morgan fingerprint density at radius 2 is 1.75 bits per heavy atom. The van der Waals surface area contributed by atoms with Crippen molar-refractivity contribution in [1.29, 1.82) is 0 Å². The van der Waals surface area contributed by atoms with Crippen molar-refractivity contribution >= 4 is 7.60 Å². The first-order valence-corrected chi connectivity index (χ1v) is 11.6. The largest absolute Gasteiger partial charge is 0.368 e. The number of hydrogen-bond donors (Lipinski definition) is 0. The Balaban J connectivity index is 1.67. The fourth-order valence-corrected chi connectivity index (χ4v) is 5.28. The predicted molar refractivity (Wildman–Crippen MR) is 104 cm³/mol. The van der Waals surface area contributed by atoms with Crippen molar-refractivity contribution in [2.75, 3.05) is 19.4 Å². The van der Waals surface area contributed by atoms with Crippen LogP contribution in [0, 0.1) is 0 Å². The van der Waals surface area contributed by atoms with E-state index in [-0.39, 0.29) is 24.5 Å². The van der Waals surface area contributed by atoms with Gasteiger partial charge in [0.25, 0.3) is 0 Å². The molecule has 2 fully saturated rings. The fourth-order valence-electron chi connectivity index (χ4n) is 3.59. The quantitative estimate of drug-likeness (QED) is 0.534. The summed E-state index contributed by atoms with van der Waals surface area (Å²) in [4.78, 5) is 0. The molecule has 28 heavy (non-hydrogen) atoms. The van der Waals surface area contributed by atoms with Crippen LogP contribution in [-0.2, 0) is 39.2 Å². The third-order valence-corrected chi connectivity index (χ3v) is 6.82. The van der Waals surface area contributed by atoms with E-state index in [4.69, 9.17) is 28.0 Å². The van der Waals surface area contributed by atoms with Gasteiger partial charge in [-0.15, -0.1) is 0 Å². The molecule has 2 saturated heterocycles. The molecule has 2 aliphatic heterocycles. The van der Waals surface area contributed by atoms with Gasteiger partial charge in [0.05, 0.1) is 32.1 Å². The second kappa shape index (κ2) is 9.35. The molecule has 158 valence electrons. The summed E-state index contributed by atoms with van der Waals surface area (Å²) in [5.74, 6) is -0.722. The van der Waals surface area contributed by atoms with Gasteiger partial charge in [0, 0.05) is 0 Å². The van der Waals surface area contributed by atoms with Gasteiger partial charge in [-0.3, -0.25) is 4.57 Å². The van der Waals surface area contributed by atoms with Gasteiger partial charge >= 0.3 is 7.60 Å². The molecular formula is C20H31O7P. The summed E-state index contributed by atoms with van der Waals surface area (Å²) in [5.41, 5.74) is 1.07. The van der Waals surface area contributed by atoms with Gasteiger partial charge in [0.2, 0.25) is 0 Å². The lowest BCUT2D eigenvalue weighted by Crippen LogP contribution is -2.37. The summed E-state index contributed by atoms with van der Waals surface area (Å²) < 4.78 is 47.7. The smallest absolute Gasteiger partial charge is 0.330 e. The average molecular weight is 414 g/mol. The SMILES string of the molecule is CCOP(=O)(CC[C@H]1O[C@@H]2OC(C)(C)O[C@@H]2[C@@H]1OCc1ccccc1)OCC. The summed E-state index contributed by atoms with van der Waals surface area (Å²) in [6.45, 7) is 8.43. The molecule has 2 aliphatic rings. The average Bonchev–Trinajstić information content (AvgIpc) is 3.11. The molecule has 0 radical (unpaired) electrons. The zero-order valence-electron chi connectivity index (χ0n) is 17.0. The van der Waals surface area contributed by atoms with Gasteiger partial charge in [-0.2, -0.15) is 0 Å². The van der Waals surface area contributed by atoms with E-state index in [9.17, 15) is 4.57 Å². The topological polar surface area (TPSA) is 72.5 Å². The first-order chi connectivity index (χ1) is 13.4. The summed E-state index contributed by atoms with van der Waals surface area (Å²) in [7, 11) is -3.15. The van der Waals surface area contributed by atoms with E-state index in [1.165, 1.54) is 0 Å². The van der Waals surface area contributed by atoms with E-state index in [1.807, 2.05) is 44.2 Å². The Bertz CT molecular complexity index is 656. The van der Waals surface area contributed by atoms with Crippen molar-refractivity contribution in [2.45, 2.75) is 71.1 Å². The van der Waals surface area contributed by atoms with E-state index in [0.29, 0.717) is 26.2 Å². The monoisotopic (exact) mass is 414 g/mol. The van der Waals surface area contributed by atoms with Gasteiger partial charge in [0.1, 0.15) is 12.2 Å². The molecule has 0 N–H and O–H groups in total. The van der Waals surface area contributed by atoms with Crippen LogP contribution in [-0.4, -0.2) is 49.8 Å². The van der Waals surface area contributed by atoms with Gasteiger partial charge in [-0.25, -0.2) is 0 Å². The predicted octanol–water partition coefficient (Wildman–Crippen LogP) is 4.10. The molecule has 0 unspecified atom stereocenters. The van der Waals surface area contributed by atoms with Crippen LogP contribution in [0.2, 0.25) is 0 Å². The summed E-state index contributed by atoms with van der Waals surface area (Å²) in [5, 5.41) is 0. The molecular weight excluding hydrogens is 383 g/mol. The highest BCUT2D eigenvalue weighted by Gasteiger charge is 2.55. The lowest BCUT2D eigenvalue weighted by Gasteiger charge is -2.27. The first kappa shape index (κ1) is 21.9. The van der Waals surface area contributed by atoms with Crippen LogP contribution in [0.1, 0.15) is 39.7 Å². The minimum absolute atomic E-state index is 0.257. The van der Waals surface area contributed by atoms with E-state index in [2.05, 4.69) is 0 Å². The first-order valence-electron chi connectivity index (χ1n) is 9.90. The number of fused-ring (bicyclic) bond motifs is 1. The number of hydrogen-bond acceptors (Lipinski definition) is 7. The molecule has 1 aromatic carbocycles. The van der Waals surface area contributed by atoms with Crippen LogP contribution in [0.25, 0.3) is 0 Å². The molecule has 7 nitrogen and oxygen atoms in total. The van der Waals surface area contributed by atoms with Crippen molar-refractivity contribution in [3.05, 3.63) is 35.9 Å². The Labute approximate surface area is 167 Å². The van der Waals surface area contributed by atoms with Gasteiger partial charge in [-0.1, -0.05) is 30.3 Å². The molecule has 0 amide bonds. The van der Waals surface area contributed by atoms with E-state index >= 15 is 0 Å². The van der Waals surface area contributed by atoms with Crippen LogP contribution in [0.3, 0.4) is 0 Å². The second-order valence-electron chi connectivity index (χ2n) is 7.36. The maximum Gasteiger partial charge on any atom is 0.330 e. The molecule has 8 heteroatoms. The van der Waals surface area contributed by atoms with Crippen LogP contribution in [0.15, 0.2) is 30.3 Å². The molecule has 3 rings (SSSR count). The highest BCUT2D eigenvalue weighted by Crippen LogP contribution is 2.50. The van der Waals surface area contributed by atoms with E-state index < -0.39 is 19.7 Å². The normalized spacial score (nSPS) is 29.1. The van der Waals surface area contributed by atoms with Crippen LogP contribution >= 0.6 is 7.60 Å².